The molecule has 0 radical (unpaired) electrons. The van der Waals surface area contributed by atoms with Crippen molar-refractivity contribution in [3.8, 4) is 0 Å². The molecule has 0 fully saturated rings. The van der Waals surface area contributed by atoms with Gasteiger partial charge in [0.15, 0.2) is 0 Å². The van der Waals surface area contributed by atoms with Crippen LogP contribution in [0.15, 0.2) is 11.6 Å². The van der Waals surface area contributed by atoms with Gasteiger partial charge in [-0.15, -0.1) is 0 Å². The summed E-state index contributed by atoms with van der Waals surface area (Å²) in [6.07, 6.45) is 4.65. The van der Waals surface area contributed by atoms with Gasteiger partial charge < -0.3 is 4.74 Å². The van der Waals surface area contributed by atoms with Gasteiger partial charge in [0.2, 0.25) is 0 Å². The van der Waals surface area contributed by atoms with Gasteiger partial charge in [0.05, 0.1) is 6.61 Å². The van der Waals surface area contributed by atoms with Gasteiger partial charge in [-0.3, -0.25) is 0 Å². The van der Waals surface area contributed by atoms with Crippen LogP contribution in [0.3, 0.4) is 0 Å². The second-order valence-corrected chi connectivity index (χ2v) is 2.25. The first-order chi connectivity index (χ1) is 4.89. The molecule has 0 aromatic rings. The summed E-state index contributed by atoms with van der Waals surface area (Å²) in [6.45, 7) is 7.90. The molecule has 1 heteroatoms. The molecule has 0 spiro atoms. The summed E-state index contributed by atoms with van der Waals surface area (Å²) in [6, 6.07) is 0. The number of hydrogen-bond acceptors (Lipinski definition) is 1. The number of allylic oxidation sites excluding steroid dienone is 1. The van der Waals surface area contributed by atoms with Gasteiger partial charge in [0.1, 0.15) is 0 Å². The monoisotopic (exact) mass is 142 g/mol. The highest BCUT2D eigenvalue weighted by Crippen LogP contribution is 2.04. The summed E-state index contributed by atoms with van der Waals surface area (Å²) < 4.78 is 5.24. The van der Waals surface area contributed by atoms with Crippen molar-refractivity contribution in [3.05, 3.63) is 11.6 Å². The van der Waals surface area contributed by atoms with Gasteiger partial charge in [0.25, 0.3) is 0 Å². The highest BCUT2D eigenvalue weighted by Gasteiger charge is 1.94. The number of hydrogen-bond donors (Lipinski definition) is 0. The molecule has 1 rings (SSSR count). The molecule has 1 nitrogen and oxygen atoms in total. The van der Waals surface area contributed by atoms with Crippen molar-refractivity contribution in [2.24, 2.45) is 0 Å². The molecule has 0 saturated heterocycles. The maximum Gasteiger partial charge on any atom is 0.0674 e. The second-order valence-electron chi connectivity index (χ2n) is 2.25. The van der Waals surface area contributed by atoms with Crippen LogP contribution >= 0.6 is 0 Å². The molecule has 60 valence electrons. The van der Waals surface area contributed by atoms with E-state index in [9.17, 15) is 0 Å². The summed E-state index contributed by atoms with van der Waals surface area (Å²) in [7, 11) is 0. The van der Waals surface area contributed by atoms with Crippen molar-refractivity contribution in [2.75, 3.05) is 13.2 Å². The van der Waals surface area contributed by atoms with E-state index in [1.54, 1.807) is 0 Å². The van der Waals surface area contributed by atoms with Crippen LogP contribution < -0.4 is 0 Å². The smallest absolute Gasteiger partial charge is 0.0674 e. The predicted octanol–water partition coefficient (Wildman–Crippen LogP) is 2.77. The molecule has 0 bridgehead atoms. The van der Waals surface area contributed by atoms with Gasteiger partial charge >= 0.3 is 0 Å². The van der Waals surface area contributed by atoms with Gasteiger partial charge in [0, 0.05) is 6.61 Å². The zero-order valence-electron chi connectivity index (χ0n) is 7.31. The van der Waals surface area contributed by atoms with Crippen molar-refractivity contribution in [1.82, 2.24) is 0 Å². The molecule has 0 saturated carbocycles. The summed E-state index contributed by atoms with van der Waals surface area (Å²) in [5.41, 5.74) is 1.38. The minimum Gasteiger partial charge on any atom is -0.377 e. The lowest BCUT2D eigenvalue weighted by Crippen LogP contribution is -1.92. The quantitative estimate of drug-likeness (QED) is 0.472. The van der Waals surface area contributed by atoms with E-state index in [4.69, 9.17) is 4.74 Å². The fraction of sp³-hybridized carbons (Fsp3) is 0.778. The molecule has 1 aliphatic heterocycles. The Morgan fingerprint density at radius 3 is 2.80 bits per heavy atom. The molecular formula is C9H18O. The van der Waals surface area contributed by atoms with Crippen molar-refractivity contribution in [1.29, 1.82) is 0 Å². The molecular weight excluding hydrogens is 124 g/mol. The van der Waals surface area contributed by atoms with E-state index in [-0.39, 0.29) is 0 Å². The fourth-order valence-electron chi connectivity index (χ4n) is 0.826. The van der Waals surface area contributed by atoms with Crippen molar-refractivity contribution < 1.29 is 4.74 Å². The first-order valence-electron chi connectivity index (χ1n) is 4.13. The lowest BCUT2D eigenvalue weighted by molar-refractivity contribution is 0.159. The molecule has 0 amide bonds. The number of rotatable bonds is 0. The lowest BCUT2D eigenvalue weighted by Gasteiger charge is -1.95. The SMILES string of the molecule is CC.CC1=CCCCOC1. The van der Waals surface area contributed by atoms with Gasteiger partial charge in [-0.2, -0.15) is 0 Å². The first-order valence-corrected chi connectivity index (χ1v) is 4.13. The van der Waals surface area contributed by atoms with E-state index in [0.29, 0.717) is 0 Å². The lowest BCUT2D eigenvalue weighted by atomic mass is 10.2. The van der Waals surface area contributed by atoms with Crippen molar-refractivity contribution in [3.63, 3.8) is 0 Å². The molecule has 1 heterocycles. The highest BCUT2D eigenvalue weighted by atomic mass is 16.5. The van der Waals surface area contributed by atoms with Crippen LogP contribution in [0.2, 0.25) is 0 Å². The fourth-order valence-corrected chi connectivity index (χ4v) is 0.826. The minimum atomic E-state index is 0.847. The summed E-state index contributed by atoms with van der Waals surface area (Å²) >= 11 is 0. The summed E-state index contributed by atoms with van der Waals surface area (Å²) in [4.78, 5) is 0. The molecule has 0 unspecified atom stereocenters. The summed E-state index contributed by atoms with van der Waals surface area (Å²) in [5.74, 6) is 0. The second kappa shape index (κ2) is 6.81. The Labute approximate surface area is 64.1 Å². The van der Waals surface area contributed by atoms with Crippen LogP contribution in [-0.4, -0.2) is 13.2 Å². The van der Waals surface area contributed by atoms with E-state index in [0.717, 1.165) is 13.2 Å². The Kier molecular flexibility index (Phi) is 6.61. The Morgan fingerprint density at radius 2 is 2.10 bits per heavy atom. The molecule has 0 aromatic carbocycles. The van der Waals surface area contributed by atoms with Crippen LogP contribution in [0.25, 0.3) is 0 Å². The van der Waals surface area contributed by atoms with Crippen LogP contribution in [-0.2, 0) is 4.74 Å². The molecule has 0 aliphatic carbocycles. The van der Waals surface area contributed by atoms with Crippen LogP contribution in [0, 0.1) is 0 Å². The Balaban J connectivity index is 0.000000371. The normalized spacial score (nSPS) is 18.1. The summed E-state index contributed by atoms with van der Waals surface area (Å²) in [5, 5.41) is 0. The van der Waals surface area contributed by atoms with E-state index >= 15 is 0 Å². The van der Waals surface area contributed by atoms with Crippen molar-refractivity contribution >= 4 is 0 Å². The molecule has 1 aliphatic rings. The standard InChI is InChI=1S/C7H12O.C2H6/c1-7-4-2-3-5-8-6-7;1-2/h4H,2-3,5-6H2,1H3;1-2H3. The Bertz CT molecular complexity index is 94.9. The molecule has 0 N–H and O–H groups in total. The Hall–Kier alpha value is -0.300. The van der Waals surface area contributed by atoms with Crippen molar-refractivity contribution in [2.45, 2.75) is 33.6 Å². The van der Waals surface area contributed by atoms with E-state index in [1.807, 2.05) is 13.8 Å². The predicted molar refractivity (Wildman–Crippen MR) is 45.2 cm³/mol. The number of ether oxygens (including phenoxy) is 1. The molecule has 0 atom stereocenters. The van der Waals surface area contributed by atoms with E-state index in [1.165, 1.54) is 18.4 Å². The zero-order valence-corrected chi connectivity index (χ0v) is 7.31. The van der Waals surface area contributed by atoms with Gasteiger partial charge in [-0.05, 0) is 19.8 Å². The maximum absolute atomic E-state index is 5.24. The van der Waals surface area contributed by atoms with Crippen LogP contribution in [0.5, 0.6) is 0 Å². The maximum atomic E-state index is 5.24. The first kappa shape index (κ1) is 9.70. The van der Waals surface area contributed by atoms with E-state index in [2.05, 4.69) is 13.0 Å². The third-order valence-corrected chi connectivity index (χ3v) is 1.32. The van der Waals surface area contributed by atoms with E-state index < -0.39 is 0 Å². The topological polar surface area (TPSA) is 9.23 Å². The van der Waals surface area contributed by atoms with Crippen LogP contribution in [0.1, 0.15) is 33.6 Å². The third kappa shape index (κ3) is 4.57. The average molecular weight is 142 g/mol. The van der Waals surface area contributed by atoms with Gasteiger partial charge in [-0.1, -0.05) is 25.5 Å². The average Bonchev–Trinajstić information content (AvgIpc) is 2.21. The third-order valence-electron chi connectivity index (χ3n) is 1.32. The van der Waals surface area contributed by atoms with Gasteiger partial charge in [-0.25, -0.2) is 0 Å². The Morgan fingerprint density at radius 1 is 1.40 bits per heavy atom. The highest BCUT2D eigenvalue weighted by molar-refractivity contribution is 4.98. The molecule has 0 aromatic heterocycles. The largest absolute Gasteiger partial charge is 0.377 e. The van der Waals surface area contributed by atoms with Crippen LogP contribution in [0.4, 0.5) is 0 Å². The molecule has 10 heavy (non-hydrogen) atoms. The minimum absolute atomic E-state index is 0.847. The zero-order chi connectivity index (χ0) is 7.82.